The fourth-order valence-corrected chi connectivity index (χ4v) is 3.64. The fourth-order valence-electron chi connectivity index (χ4n) is 3.64. The first-order valence-electron chi connectivity index (χ1n) is 9.64. The molecule has 0 fully saturated rings. The number of benzene rings is 3. The molecule has 2 aliphatic heterocycles. The average molecular weight is 394 g/mol. The van der Waals surface area contributed by atoms with Gasteiger partial charge in [-0.2, -0.15) is 0 Å². The van der Waals surface area contributed by atoms with Crippen LogP contribution in [0.15, 0.2) is 84.6 Å². The number of hydrogen-bond donors (Lipinski definition) is 2. The number of carbonyl (C=O) groups is 2. The van der Waals surface area contributed by atoms with Crippen LogP contribution in [0.5, 0.6) is 0 Å². The Balaban J connectivity index is 1.40. The highest BCUT2D eigenvalue weighted by Crippen LogP contribution is 2.37. The molecule has 1 amide bonds. The van der Waals surface area contributed by atoms with Crippen LogP contribution in [0.1, 0.15) is 27.0 Å². The Morgan fingerprint density at radius 3 is 2.50 bits per heavy atom. The van der Waals surface area contributed by atoms with Crippen LogP contribution in [0.3, 0.4) is 0 Å². The second kappa shape index (κ2) is 7.37. The number of carbonyl (C=O) groups excluding carboxylic acids is 2. The summed E-state index contributed by atoms with van der Waals surface area (Å²) in [7, 11) is 0. The van der Waals surface area contributed by atoms with E-state index in [-0.39, 0.29) is 12.5 Å². The molecule has 0 aliphatic carbocycles. The topological polar surface area (TPSA) is 67.4 Å². The minimum atomic E-state index is -0.429. The molecule has 146 valence electrons. The van der Waals surface area contributed by atoms with Crippen molar-refractivity contribution >= 4 is 34.9 Å². The van der Waals surface area contributed by atoms with Crippen LogP contribution < -0.4 is 10.6 Å². The molecule has 3 aromatic rings. The van der Waals surface area contributed by atoms with E-state index in [0.29, 0.717) is 16.8 Å². The summed E-state index contributed by atoms with van der Waals surface area (Å²) in [6, 6.07) is 22.5. The lowest BCUT2D eigenvalue weighted by molar-refractivity contribution is -0.110. The zero-order chi connectivity index (χ0) is 20.5. The van der Waals surface area contributed by atoms with E-state index in [1.807, 2.05) is 66.7 Å². The van der Waals surface area contributed by atoms with Crippen molar-refractivity contribution in [2.75, 3.05) is 10.6 Å². The number of esters is 1. The lowest BCUT2D eigenvalue weighted by Crippen LogP contribution is -2.11. The number of anilines is 2. The molecule has 0 aromatic heterocycles. The van der Waals surface area contributed by atoms with Crippen LogP contribution in [0, 0.1) is 0 Å². The molecule has 0 atom stereocenters. The number of allylic oxidation sites excluding steroid dienone is 1. The number of fused-ring (bicyclic) bond motifs is 2. The molecule has 5 nitrogen and oxygen atoms in total. The Morgan fingerprint density at radius 1 is 0.833 bits per heavy atom. The van der Waals surface area contributed by atoms with Crippen LogP contribution >= 0.6 is 0 Å². The van der Waals surface area contributed by atoms with E-state index in [1.165, 1.54) is 0 Å². The largest absolute Gasteiger partial charge is 0.457 e. The normalized spacial score (nSPS) is 16.3. The van der Waals surface area contributed by atoms with Gasteiger partial charge in [-0.3, -0.25) is 4.79 Å². The molecule has 2 aliphatic rings. The standard InChI is InChI=1S/C25H18N2O3/c28-24-23(21-13-11-17-8-4-5-9-20(17)26-21)19-12-10-18(14-22(19)27-24)25(29)30-15-16-6-2-1-3-7-16/h1-14,26H,15H2,(H,27,28). The average Bonchev–Trinajstić information content (AvgIpc) is 3.12. The van der Waals surface area contributed by atoms with E-state index in [0.717, 1.165) is 28.1 Å². The lowest BCUT2D eigenvalue weighted by atomic mass is 10.00. The number of para-hydroxylation sites is 1. The highest BCUT2D eigenvalue weighted by molar-refractivity contribution is 6.33. The Hall–Kier alpha value is -4.12. The van der Waals surface area contributed by atoms with E-state index in [1.54, 1.807) is 18.2 Å². The summed E-state index contributed by atoms with van der Waals surface area (Å²) in [5.41, 5.74) is 5.97. The van der Waals surface area contributed by atoms with Gasteiger partial charge in [0.15, 0.2) is 0 Å². The molecule has 30 heavy (non-hydrogen) atoms. The van der Waals surface area contributed by atoms with Crippen molar-refractivity contribution < 1.29 is 14.3 Å². The Morgan fingerprint density at radius 2 is 1.63 bits per heavy atom. The number of rotatable bonds is 3. The molecule has 3 aromatic carbocycles. The van der Waals surface area contributed by atoms with Crippen molar-refractivity contribution in [3.8, 4) is 0 Å². The van der Waals surface area contributed by atoms with E-state index in [9.17, 15) is 9.59 Å². The summed E-state index contributed by atoms with van der Waals surface area (Å²) in [6.45, 7) is 0.201. The molecule has 0 unspecified atom stereocenters. The van der Waals surface area contributed by atoms with Gasteiger partial charge in [-0.25, -0.2) is 4.79 Å². The van der Waals surface area contributed by atoms with E-state index >= 15 is 0 Å². The van der Waals surface area contributed by atoms with E-state index < -0.39 is 5.97 Å². The number of nitrogens with one attached hydrogen (secondary N) is 2. The van der Waals surface area contributed by atoms with Crippen molar-refractivity contribution in [2.24, 2.45) is 0 Å². The molecular weight excluding hydrogens is 376 g/mol. The maximum Gasteiger partial charge on any atom is 0.338 e. The Bertz CT molecular complexity index is 1230. The van der Waals surface area contributed by atoms with Crippen LogP contribution in [0.4, 0.5) is 11.4 Å². The predicted octanol–water partition coefficient (Wildman–Crippen LogP) is 4.85. The smallest absolute Gasteiger partial charge is 0.338 e. The van der Waals surface area contributed by atoms with Crippen molar-refractivity contribution in [2.45, 2.75) is 6.61 Å². The predicted molar refractivity (Wildman–Crippen MR) is 117 cm³/mol. The van der Waals surface area contributed by atoms with Gasteiger partial charge >= 0.3 is 5.97 Å². The Kier molecular flexibility index (Phi) is 4.41. The molecule has 2 N–H and O–H groups in total. The van der Waals surface area contributed by atoms with Crippen molar-refractivity contribution in [1.82, 2.24) is 0 Å². The van der Waals surface area contributed by atoms with Crippen LogP contribution in [0.2, 0.25) is 0 Å². The third-order valence-electron chi connectivity index (χ3n) is 5.14. The summed E-state index contributed by atoms with van der Waals surface area (Å²) in [4.78, 5) is 25.1. The number of hydrogen-bond acceptors (Lipinski definition) is 4. The monoisotopic (exact) mass is 394 g/mol. The van der Waals surface area contributed by atoms with Crippen molar-refractivity contribution in [1.29, 1.82) is 0 Å². The van der Waals surface area contributed by atoms with Gasteiger partial charge < -0.3 is 15.4 Å². The number of ether oxygens (including phenoxy) is 1. The van der Waals surface area contributed by atoms with Crippen LogP contribution in [-0.2, 0) is 16.1 Å². The van der Waals surface area contributed by atoms with Gasteiger partial charge in [-0.05, 0) is 35.4 Å². The zero-order valence-electron chi connectivity index (χ0n) is 16.0. The van der Waals surface area contributed by atoms with Crippen molar-refractivity contribution in [3.05, 3.63) is 107 Å². The van der Waals surface area contributed by atoms with Crippen LogP contribution in [-0.4, -0.2) is 11.9 Å². The van der Waals surface area contributed by atoms with E-state index in [2.05, 4.69) is 10.6 Å². The first kappa shape index (κ1) is 17.9. The lowest BCUT2D eigenvalue weighted by Gasteiger charge is -2.17. The quantitative estimate of drug-likeness (QED) is 0.492. The van der Waals surface area contributed by atoms with Crippen molar-refractivity contribution in [3.63, 3.8) is 0 Å². The van der Waals surface area contributed by atoms with Gasteiger partial charge in [0.2, 0.25) is 0 Å². The SMILES string of the molecule is O=C1Nc2cc(C(=O)OCc3ccccc3)ccc2C1=C1C=Cc2ccccc2N1. The van der Waals surface area contributed by atoms with Gasteiger partial charge in [0, 0.05) is 11.3 Å². The minimum absolute atomic E-state index is 0.201. The molecule has 0 spiro atoms. The Labute approximate surface area is 173 Å². The molecule has 0 bridgehead atoms. The van der Waals surface area contributed by atoms with Gasteiger partial charge in [-0.15, -0.1) is 0 Å². The first-order valence-corrected chi connectivity index (χ1v) is 9.64. The van der Waals surface area contributed by atoms with Crippen LogP contribution in [0.25, 0.3) is 11.6 Å². The molecule has 0 radical (unpaired) electrons. The summed E-state index contributed by atoms with van der Waals surface area (Å²) >= 11 is 0. The molecule has 2 heterocycles. The number of amides is 1. The third-order valence-corrected chi connectivity index (χ3v) is 5.14. The van der Waals surface area contributed by atoms with E-state index in [4.69, 9.17) is 4.74 Å². The summed E-state index contributed by atoms with van der Waals surface area (Å²) in [5.74, 6) is -0.632. The highest BCUT2D eigenvalue weighted by Gasteiger charge is 2.29. The minimum Gasteiger partial charge on any atom is -0.457 e. The molecule has 0 saturated heterocycles. The maximum absolute atomic E-state index is 12.7. The van der Waals surface area contributed by atoms with Gasteiger partial charge in [-0.1, -0.05) is 60.7 Å². The zero-order valence-corrected chi connectivity index (χ0v) is 16.0. The third kappa shape index (κ3) is 3.26. The van der Waals surface area contributed by atoms with Gasteiger partial charge in [0.25, 0.3) is 5.91 Å². The van der Waals surface area contributed by atoms with Gasteiger partial charge in [0.05, 0.1) is 22.5 Å². The maximum atomic E-state index is 12.7. The fraction of sp³-hybridized carbons (Fsp3) is 0.0400. The summed E-state index contributed by atoms with van der Waals surface area (Å²) in [6.07, 6.45) is 3.88. The van der Waals surface area contributed by atoms with Gasteiger partial charge in [0.1, 0.15) is 6.61 Å². The molecule has 0 saturated carbocycles. The molecule has 5 heteroatoms. The summed E-state index contributed by atoms with van der Waals surface area (Å²) < 4.78 is 5.40. The molecular formula is C25H18N2O3. The second-order valence-corrected chi connectivity index (χ2v) is 7.11. The second-order valence-electron chi connectivity index (χ2n) is 7.11. The first-order chi connectivity index (χ1) is 14.7. The highest BCUT2D eigenvalue weighted by atomic mass is 16.5. The molecule has 5 rings (SSSR count). The summed E-state index contributed by atoms with van der Waals surface area (Å²) in [5, 5.41) is 6.19.